The summed E-state index contributed by atoms with van der Waals surface area (Å²) in [5.74, 6) is 0. The molecule has 0 spiro atoms. The zero-order chi connectivity index (χ0) is 10.1. The summed E-state index contributed by atoms with van der Waals surface area (Å²) in [6, 6.07) is 0. The van der Waals surface area contributed by atoms with E-state index in [-0.39, 0.29) is 6.09 Å². The van der Waals surface area contributed by atoms with Gasteiger partial charge in [0.15, 0.2) is 0 Å². The summed E-state index contributed by atoms with van der Waals surface area (Å²) in [5, 5.41) is 7.35. The molecule has 0 aromatic heterocycles. The molecular formula is C9H16N2O2. The summed E-state index contributed by atoms with van der Waals surface area (Å²) in [7, 11) is 0. The summed E-state index contributed by atoms with van der Waals surface area (Å²) in [6.07, 6.45) is 0.369. The van der Waals surface area contributed by atoms with Gasteiger partial charge in [0.2, 0.25) is 0 Å². The lowest BCUT2D eigenvalue weighted by Gasteiger charge is -2.23. The van der Waals surface area contributed by atoms with E-state index in [4.69, 9.17) is 10.1 Å². The summed E-state index contributed by atoms with van der Waals surface area (Å²) >= 11 is 0. The molecule has 13 heavy (non-hydrogen) atoms. The van der Waals surface area contributed by atoms with Crippen molar-refractivity contribution < 1.29 is 9.53 Å². The Morgan fingerprint density at radius 3 is 2.54 bits per heavy atom. The molecule has 1 saturated heterocycles. The van der Waals surface area contributed by atoms with Crippen molar-refractivity contribution in [1.29, 1.82) is 5.41 Å². The minimum absolute atomic E-state index is 0.310. The molecule has 0 aliphatic carbocycles. The van der Waals surface area contributed by atoms with Gasteiger partial charge in [0.25, 0.3) is 0 Å². The van der Waals surface area contributed by atoms with Crippen molar-refractivity contribution >= 4 is 11.8 Å². The average Bonchev–Trinajstić information content (AvgIpc) is 2.31. The van der Waals surface area contributed by atoms with Crippen LogP contribution in [0.2, 0.25) is 0 Å². The Kier molecular flexibility index (Phi) is 2.59. The van der Waals surface area contributed by atoms with E-state index >= 15 is 0 Å². The Morgan fingerprint density at radius 2 is 2.15 bits per heavy atom. The zero-order valence-corrected chi connectivity index (χ0v) is 8.39. The van der Waals surface area contributed by atoms with Crippen LogP contribution >= 0.6 is 0 Å². The highest BCUT2D eigenvalue weighted by Crippen LogP contribution is 2.12. The first-order valence-corrected chi connectivity index (χ1v) is 4.43. The molecule has 4 heteroatoms. The zero-order valence-electron chi connectivity index (χ0n) is 8.39. The van der Waals surface area contributed by atoms with E-state index in [0.29, 0.717) is 25.2 Å². The van der Waals surface area contributed by atoms with Crippen LogP contribution in [0, 0.1) is 5.41 Å². The smallest absolute Gasteiger partial charge is 0.410 e. The second-order valence-corrected chi connectivity index (χ2v) is 4.26. The number of hydrogen-bond acceptors (Lipinski definition) is 3. The molecule has 74 valence electrons. The van der Waals surface area contributed by atoms with Gasteiger partial charge in [-0.1, -0.05) is 0 Å². The van der Waals surface area contributed by atoms with Crippen LogP contribution in [0.5, 0.6) is 0 Å². The largest absolute Gasteiger partial charge is 0.444 e. The van der Waals surface area contributed by atoms with E-state index < -0.39 is 5.60 Å². The Labute approximate surface area is 78.4 Å². The molecule has 0 aromatic rings. The number of ether oxygens (including phenoxy) is 1. The van der Waals surface area contributed by atoms with Gasteiger partial charge in [0, 0.05) is 18.7 Å². The maximum absolute atomic E-state index is 11.4. The van der Waals surface area contributed by atoms with Crippen molar-refractivity contribution in [3.05, 3.63) is 0 Å². The molecule has 1 heterocycles. The maximum Gasteiger partial charge on any atom is 0.410 e. The third-order valence-corrected chi connectivity index (χ3v) is 1.72. The fourth-order valence-electron chi connectivity index (χ4n) is 1.14. The van der Waals surface area contributed by atoms with Crippen molar-refractivity contribution in [2.75, 3.05) is 13.1 Å². The lowest BCUT2D eigenvalue weighted by molar-refractivity contribution is 0.0302. The number of nitrogens with one attached hydrogen (secondary N) is 1. The predicted octanol–water partition coefficient (Wildman–Crippen LogP) is 1.65. The fraction of sp³-hybridized carbons (Fsp3) is 0.778. The topological polar surface area (TPSA) is 53.4 Å². The molecule has 1 rings (SSSR count). The minimum Gasteiger partial charge on any atom is -0.444 e. The molecule has 1 amide bonds. The Balaban J connectivity index is 2.45. The normalized spacial score (nSPS) is 17.8. The highest BCUT2D eigenvalue weighted by atomic mass is 16.6. The van der Waals surface area contributed by atoms with Crippen LogP contribution in [-0.2, 0) is 4.74 Å². The predicted molar refractivity (Wildman–Crippen MR) is 50.2 cm³/mol. The van der Waals surface area contributed by atoms with Crippen molar-refractivity contribution in [2.24, 2.45) is 0 Å². The van der Waals surface area contributed by atoms with Gasteiger partial charge >= 0.3 is 6.09 Å². The number of nitrogens with zero attached hydrogens (tertiary/aromatic N) is 1. The van der Waals surface area contributed by atoms with Crippen molar-refractivity contribution in [3.63, 3.8) is 0 Å². The van der Waals surface area contributed by atoms with E-state index in [2.05, 4.69) is 0 Å². The number of likely N-dealkylation sites (tertiary alicyclic amines) is 1. The molecule has 0 unspecified atom stereocenters. The van der Waals surface area contributed by atoms with Crippen LogP contribution in [0.15, 0.2) is 0 Å². The van der Waals surface area contributed by atoms with E-state index in [1.807, 2.05) is 20.8 Å². The molecule has 0 saturated carbocycles. The fourth-order valence-corrected chi connectivity index (χ4v) is 1.14. The monoisotopic (exact) mass is 184 g/mol. The molecule has 1 aliphatic rings. The van der Waals surface area contributed by atoms with Gasteiger partial charge in [-0.05, 0) is 20.8 Å². The Morgan fingerprint density at radius 1 is 1.54 bits per heavy atom. The van der Waals surface area contributed by atoms with Gasteiger partial charge in [0.1, 0.15) is 5.60 Å². The second kappa shape index (κ2) is 3.36. The van der Waals surface area contributed by atoms with E-state index in [9.17, 15) is 4.79 Å². The molecular weight excluding hydrogens is 168 g/mol. The first-order chi connectivity index (χ1) is 5.88. The molecule has 0 atom stereocenters. The molecule has 0 aromatic carbocycles. The summed E-state index contributed by atoms with van der Waals surface area (Å²) in [6.45, 7) is 6.56. The lowest BCUT2D eigenvalue weighted by Crippen LogP contribution is -2.35. The number of rotatable bonds is 0. The molecule has 1 N–H and O–H groups in total. The molecule has 4 nitrogen and oxygen atoms in total. The standard InChI is InChI=1S/C9H16N2O2/c1-9(2,3)13-8(12)11-5-4-7(10)6-11/h10H,4-6H2,1-3H3. The van der Waals surface area contributed by atoms with Crippen LogP contribution in [-0.4, -0.2) is 35.4 Å². The van der Waals surface area contributed by atoms with Gasteiger partial charge in [-0.2, -0.15) is 0 Å². The number of amides is 1. The van der Waals surface area contributed by atoms with Crippen LogP contribution in [0.25, 0.3) is 0 Å². The third-order valence-electron chi connectivity index (χ3n) is 1.72. The average molecular weight is 184 g/mol. The van der Waals surface area contributed by atoms with Gasteiger partial charge in [-0.25, -0.2) is 4.79 Å². The summed E-state index contributed by atoms with van der Waals surface area (Å²) in [4.78, 5) is 13.0. The highest BCUT2D eigenvalue weighted by Gasteiger charge is 2.26. The summed E-state index contributed by atoms with van der Waals surface area (Å²) in [5.41, 5.74) is 0.160. The van der Waals surface area contributed by atoms with Gasteiger partial charge < -0.3 is 15.0 Å². The van der Waals surface area contributed by atoms with Gasteiger partial charge in [-0.15, -0.1) is 0 Å². The van der Waals surface area contributed by atoms with Crippen LogP contribution < -0.4 is 0 Å². The first-order valence-electron chi connectivity index (χ1n) is 4.43. The SMILES string of the molecule is CC(C)(C)OC(=O)N1CCC(=N)C1. The van der Waals surface area contributed by atoms with Crippen molar-refractivity contribution in [2.45, 2.75) is 32.8 Å². The molecule has 1 fully saturated rings. The minimum atomic E-state index is -0.443. The van der Waals surface area contributed by atoms with Gasteiger partial charge in [-0.3, -0.25) is 0 Å². The first kappa shape index (κ1) is 10.0. The van der Waals surface area contributed by atoms with Crippen LogP contribution in [0.4, 0.5) is 4.79 Å². The van der Waals surface area contributed by atoms with Crippen LogP contribution in [0.1, 0.15) is 27.2 Å². The summed E-state index contributed by atoms with van der Waals surface area (Å²) < 4.78 is 5.16. The molecule has 1 aliphatic heterocycles. The van der Waals surface area contributed by atoms with Crippen LogP contribution in [0.3, 0.4) is 0 Å². The van der Waals surface area contributed by atoms with Gasteiger partial charge in [0.05, 0.1) is 6.54 Å². The third kappa shape index (κ3) is 3.05. The van der Waals surface area contributed by atoms with E-state index in [1.54, 1.807) is 4.90 Å². The Bertz CT molecular complexity index is 230. The highest BCUT2D eigenvalue weighted by molar-refractivity contribution is 5.89. The second-order valence-electron chi connectivity index (χ2n) is 4.26. The quantitative estimate of drug-likeness (QED) is 0.622. The molecule has 0 bridgehead atoms. The maximum atomic E-state index is 11.4. The van der Waals surface area contributed by atoms with Crippen molar-refractivity contribution in [3.8, 4) is 0 Å². The number of carbonyl (C=O) groups is 1. The number of carbonyl (C=O) groups excluding carboxylic acids is 1. The number of hydrogen-bond donors (Lipinski definition) is 1. The van der Waals surface area contributed by atoms with E-state index in [0.717, 1.165) is 0 Å². The van der Waals surface area contributed by atoms with E-state index in [1.165, 1.54) is 0 Å². The van der Waals surface area contributed by atoms with Crippen molar-refractivity contribution in [1.82, 2.24) is 4.90 Å². The molecule has 0 radical (unpaired) electrons. The Hall–Kier alpha value is -1.06. The lowest BCUT2D eigenvalue weighted by atomic mass is 10.2.